The number of halogens is 2. The summed E-state index contributed by atoms with van der Waals surface area (Å²) in [6.07, 6.45) is 3.05. The molecule has 2 rings (SSSR count). The van der Waals surface area contributed by atoms with E-state index in [-0.39, 0.29) is 5.57 Å². The summed E-state index contributed by atoms with van der Waals surface area (Å²) in [4.78, 5) is 12.3. The van der Waals surface area contributed by atoms with Gasteiger partial charge in [-0.3, -0.25) is 4.79 Å². The maximum Gasteiger partial charge on any atom is 0.266 e. The van der Waals surface area contributed by atoms with Gasteiger partial charge in [0.2, 0.25) is 0 Å². The van der Waals surface area contributed by atoms with E-state index < -0.39 is 5.91 Å². The van der Waals surface area contributed by atoms with Crippen molar-refractivity contribution in [1.82, 2.24) is 0 Å². The molecule has 2 aromatic carbocycles. The van der Waals surface area contributed by atoms with E-state index in [1.807, 2.05) is 6.07 Å². The number of carbonyl (C=O) groups excluding carboxylic acids is 1. The van der Waals surface area contributed by atoms with Gasteiger partial charge in [0.15, 0.2) is 0 Å². The van der Waals surface area contributed by atoms with Crippen LogP contribution in [0.4, 0.5) is 5.69 Å². The second-order valence-corrected chi connectivity index (χ2v) is 5.71. The Balaban J connectivity index is 2.21. The van der Waals surface area contributed by atoms with Crippen LogP contribution in [0.1, 0.15) is 5.56 Å². The molecule has 0 saturated heterocycles. The van der Waals surface area contributed by atoms with Crippen LogP contribution in [0.5, 0.6) is 5.75 Å². The third-order valence-electron chi connectivity index (χ3n) is 3.11. The molecule has 0 spiro atoms. The lowest BCUT2D eigenvalue weighted by molar-refractivity contribution is -0.112. The Bertz CT molecular complexity index is 870. The highest BCUT2D eigenvalue weighted by Crippen LogP contribution is 2.27. The average molecular weight is 373 g/mol. The van der Waals surface area contributed by atoms with E-state index in [2.05, 4.69) is 11.9 Å². The number of nitrogens with zero attached hydrogens (tertiary/aromatic N) is 1. The van der Waals surface area contributed by atoms with E-state index in [9.17, 15) is 10.1 Å². The molecule has 0 aliphatic rings. The summed E-state index contributed by atoms with van der Waals surface area (Å²) in [5.41, 5.74) is 0.957. The van der Waals surface area contributed by atoms with Crippen LogP contribution in [0.15, 0.2) is 60.7 Å². The average Bonchev–Trinajstić information content (AvgIpc) is 2.60. The van der Waals surface area contributed by atoms with Crippen molar-refractivity contribution in [3.8, 4) is 11.8 Å². The van der Waals surface area contributed by atoms with Gasteiger partial charge in [-0.2, -0.15) is 5.26 Å². The number of para-hydroxylation sites is 1. The Morgan fingerprint density at radius 1 is 1.24 bits per heavy atom. The zero-order chi connectivity index (χ0) is 18.2. The number of rotatable bonds is 6. The van der Waals surface area contributed by atoms with Gasteiger partial charge in [0.25, 0.3) is 5.91 Å². The van der Waals surface area contributed by atoms with Gasteiger partial charge >= 0.3 is 0 Å². The second kappa shape index (κ2) is 8.93. The topological polar surface area (TPSA) is 62.1 Å². The van der Waals surface area contributed by atoms with Crippen molar-refractivity contribution in [3.05, 3.63) is 76.3 Å². The number of anilines is 1. The van der Waals surface area contributed by atoms with Gasteiger partial charge < -0.3 is 10.1 Å². The van der Waals surface area contributed by atoms with E-state index in [0.717, 1.165) is 0 Å². The molecule has 0 aliphatic heterocycles. The van der Waals surface area contributed by atoms with Crippen molar-refractivity contribution in [2.75, 3.05) is 11.9 Å². The minimum atomic E-state index is -0.557. The summed E-state index contributed by atoms with van der Waals surface area (Å²) < 4.78 is 5.38. The van der Waals surface area contributed by atoms with Crippen molar-refractivity contribution in [3.63, 3.8) is 0 Å². The summed E-state index contributed by atoms with van der Waals surface area (Å²) in [6, 6.07) is 13.6. The van der Waals surface area contributed by atoms with Crippen LogP contribution in [-0.4, -0.2) is 12.5 Å². The fraction of sp³-hybridized carbons (Fsp3) is 0.0526. The summed E-state index contributed by atoms with van der Waals surface area (Å²) in [7, 11) is 0. The standard InChI is InChI=1S/C19H14Cl2N2O2/c1-2-9-25-18-8-7-13(11-16(18)21)10-14(12-22)19(24)23-17-6-4-3-5-15(17)20/h2-8,10-11H,1,9H2,(H,23,24)/b14-10+. The first-order chi connectivity index (χ1) is 12.0. The largest absolute Gasteiger partial charge is 0.488 e. The first kappa shape index (κ1) is 18.6. The lowest BCUT2D eigenvalue weighted by Crippen LogP contribution is -2.13. The van der Waals surface area contributed by atoms with Crippen LogP contribution in [0.2, 0.25) is 10.0 Å². The Hall–Kier alpha value is -2.74. The fourth-order valence-corrected chi connectivity index (χ4v) is 2.37. The lowest BCUT2D eigenvalue weighted by Gasteiger charge is -2.07. The zero-order valence-corrected chi connectivity index (χ0v) is 14.6. The molecular formula is C19H14Cl2N2O2. The van der Waals surface area contributed by atoms with E-state index >= 15 is 0 Å². The van der Waals surface area contributed by atoms with Gasteiger partial charge in [0.05, 0.1) is 15.7 Å². The van der Waals surface area contributed by atoms with Gasteiger partial charge in [-0.15, -0.1) is 0 Å². The number of hydrogen-bond donors (Lipinski definition) is 1. The monoisotopic (exact) mass is 372 g/mol. The molecule has 4 nitrogen and oxygen atoms in total. The minimum Gasteiger partial charge on any atom is -0.488 e. The van der Waals surface area contributed by atoms with Gasteiger partial charge in [-0.1, -0.05) is 54.1 Å². The zero-order valence-electron chi connectivity index (χ0n) is 13.1. The van der Waals surface area contributed by atoms with Crippen molar-refractivity contribution in [2.45, 2.75) is 0 Å². The number of nitriles is 1. The van der Waals surface area contributed by atoms with Crippen LogP contribution in [-0.2, 0) is 4.79 Å². The molecule has 0 aliphatic carbocycles. The molecule has 6 heteroatoms. The van der Waals surface area contributed by atoms with Crippen molar-refractivity contribution in [2.24, 2.45) is 0 Å². The quantitative estimate of drug-likeness (QED) is 0.435. The lowest BCUT2D eigenvalue weighted by atomic mass is 10.1. The van der Waals surface area contributed by atoms with Gasteiger partial charge in [-0.05, 0) is 35.9 Å². The molecule has 0 radical (unpaired) electrons. The number of ether oxygens (including phenoxy) is 1. The third kappa shape index (κ3) is 5.12. The summed E-state index contributed by atoms with van der Waals surface area (Å²) in [5.74, 6) is -0.0588. The van der Waals surface area contributed by atoms with Crippen LogP contribution in [0.3, 0.4) is 0 Å². The van der Waals surface area contributed by atoms with E-state index in [0.29, 0.717) is 33.7 Å². The molecule has 1 amide bonds. The summed E-state index contributed by atoms with van der Waals surface area (Å²) in [6.45, 7) is 3.90. The molecule has 2 aromatic rings. The van der Waals surface area contributed by atoms with E-state index in [1.54, 1.807) is 48.5 Å². The van der Waals surface area contributed by atoms with Gasteiger partial charge in [0, 0.05) is 0 Å². The first-order valence-corrected chi connectivity index (χ1v) is 8.01. The number of carbonyl (C=O) groups is 1. The molecule has 0 heterocycles. The molecule has 0 bridgehead atoms. The van der Waals surface area contributed by atoms with E-state index in [1.165, 1.54) is 6.08 Å². The predicted molar refractivity (Wildman–Crippen MR) is 101 cm³/mol. The molecule has 1 N–H and O–H groups in total. The van der Waals surface area contributed by atoms with Crippen LogP contribution in [0.25, 0.3) is 6.08 Å². The fourth-order valence-electron chi connectivity index (χ4n) is 1.94. The normalized spacial score (nSPS) is 10.7. The molecule has 0 atom stereocenters. The molecule has 0 fully saturated rings. The number of amides is 1. The van der Waals surface area contributed by atoms with Crippen LogP contribution >= 0.6 is 23.2 Å². The number of nitrogens with one attached hydrogen (secondary N) is 1. The highest BCUT2D eigenvalue weighted by Gasteiger charge is 2.12. The van der Waals surface area contributed by atoms with E-state index in [4.69, 9.17) is 27.9 Å². The third-order valence-corrected chi connectivity index (χ3v) is 3.74. The van der Waals surface area contributed by atoms with Gasteiger partial charge in [0.1, 0.15) is 24.0 Å². The highest BCUT2D eigenvalue weighted by atomic mass is 35.5. The first-order valence-electron chi connectivity index (χ1n) is 7.26. The predicted octanol–water partition coefficient (Wildman–Crippen LogP) is 5.10. The Morgan fingerprint density at radius 2 is 2.00 bits per heavy atom. The Labute approximate surface area is 155 Å². The molecule has 0 unspecified atom stereocenters. The SMILES string of the molecule is C=CCOc1ccc(/C=C(\C#N)C(=O)Nc2ccccc2Cl)cc1Cl. The smallest absolute Gasteiger partial charge is 0.266 e. The van der Waals surface area contributed by atoms with Crippen molar-refractivity contribution >= 4 is 40.9 Å². The molecule has 0 aromatic heterocycles. The maximum atomic E-state index is 12.3. The van der Waals surface area contributed by atoms with Crippen LogP contribution in [0, 0.1) is 11.3 Å². The number of hydrogen-bond acceptors (Lipinski definition) is 3. The van der Waals surface area contributed by atoms with Crippen molar-refractivity contribution < 1.29 is 9.53 Å². The summed E-state index contributed by atoms with van der Waals surface area (Å²) in [5, 5.41) is 12.6. The maximum absolute atomic E-state index is 12.3. The van der Waals surface area contributed by atoms with Crippen molar-refractivity contribution in [1.29, 1.82) is 5.26 Å². The molecule has 126 valence electrons. The second-order valence-electron chi connectivity index (χ2n) is 4.89. The minimum absolute atomic E-state index is 0.0734. The van der Waals surface area contributed by atoms with Crippen LogP contribution < -0.4 is 10.1 Å². The van der Waals surface area contributed by atoms with Gasteiger partial charge in [-0.25, -0.2) is 0 Å². The number of benzene rings is 2. The summed E-state index contributed by atoms with van der Waals surface area (Å²) >= 11 is 12.1. The molecule has 25 heavy (non-hydrogen) atoms. The highest BCUT2D eigenvalue weighted by molar-refractivity contribution is 6.34. The molecule has 0 saturated carbocycles. The Morgan fingerprint density at radius 3 is 2.64 bits per heavy atom. The Kier molecular flexibility index (Phi) is 6.64. The molecular weight excluding hydrogens is 359 g/mol.